The average molecular weight is 380 g/mol. The van der Waals surface area contributed by atoms with Crippen LogP contribution in [0.2, 0.25) is 0 Å². The second-order valence-corrected chi connectivity index (χ2v) is 8.59. The van der Waals surface area contributed by atoms with Crippen LogP contribution in [0.5, 0.6) is 11.5 Å². The summed E-state index contributed by atoms with van der Waals surface area (Å²) in [5.74, 6) is 2.76. The van der Waals surface area contributed by atoms with Crippen molar-refractivity contribution in [2.24, 2.45) is 5.92 Å². The van der Waals surface area contributed by atoms with Crippen LogP contribution >= 0.6 is 0 Å². The van der Waals surface area contributed by atoms with Gasteiger partial charge in [-0.15, -0.1) is 0 Å². The first-order valence-corrected chi connectivity index (χ1v) is 10.4. The van der Waals surface area contributed by atoms with Crippen LogP contribution in [0.1, 0.15) is 29.9 Å². The van der Waals surface area contributed by atoms with Crippen LogP contribution in [0.15, 0.2) is 42.5 Å². The fourth-order valence-corrected chi connectivity index (χ4v) is 6.00. The lowest BCUT2D eigenvalue weighted by atomic mass is 9.75. The molecule has 0 radical (unpaired) electrons. The van der Waals surface area contributed by atoms with E-state index in [1.165, 1.54) is 31.5 Å². The number of hydrogen-bond acceptors (Lipinski definition) is 4. The third-order valence-corrected chi connectivity index (χ3v) is 7.25. The molecule has 2 bridgehead atoms. The number of ether oxygens (including phenoxy) is 2. The van der Waals surface area contributed by atoms with E-state index in [1.54, 1.807) is 12.1 Å². The molecule has 2 aromatic carbocycles. The molecule has 0 spiro atoms. The maximum absolute atomic E-state index is 14.4. The average Bonchev–Trinajstić information content (AvgIpc) is 3.36. The molecule has 5 aliphatic heterocycles. The van der Waals surface area contributed by atoms with Crippen LogP contribution in [-0.2, 0) is 6.54 Å². The normalized spacial score (nSPS) is 33.2. The zero-order valence-electron chi connectivity index (χ0n) is 15.9. The van der Waals surface area contributed by atoms with Crippen molar-refractivity contribution in [3.8, 4) is 11.5 Å². The van der Waals surface area contributed by atoms with Crippen molar-refractivity contribution in [3.63, 3.8) is 0 Å². The largest absolute Gasteiger partial charge is 0.454 e. The first-order chi connectivity index (χ1) is 13.8. The van der Waals surface area contributed by atoms with Gasteiger partial charge in [0.05, 0.1) is 0 Å². The molecule has 4 saturated heterocycles. The fraction of sp³-hybridized carbons (Fsp3) is 0.478. The molecule has 0 aliphatic carbocycles. The number of hydrogen-bond donors (Lipinski definition) is 0. The highest BCUT2D eigenvalue weighted by Crippen LogP contribution is 2.48. The Kier molecular flexibility index (Phi) is 3.88. The van der Waals surface area contributed by atoms with E-state index in [2.05, 4.69) is 21.9 Å². The highest BCUT2D eigenvalue weighted by Gasteiger charge is 2.53. The van der Waals surface area contributed by atoms with Crippen molar-refractivity contribution in [1.82, 2.24) is 9.80 Å². The van der Waals surface area contributed by atoms with Crippen molar-refractivity contribution in [3.05, 3.63) is 59.4 Å². The van der Waals surface area contributed by atoms with Gasteiger partial charge in [0.25, 0.3) is 0 Å². The molecular formula is C23H25FN2O2. The fourth-order valence-electron chi connectivity index (χ4n) is 6.00. The predicted molar refractivity (Wildman–Crippen MR) is 104 cm³/mol. The zero-order valence-corrected chi connectivity index (χ0v) is 15.9. The molecule has 146 valence electrons. The molecule has 4 fully saturated rings. The minimum absolute atomic E-state index is 0.0909. The van der Waals surface area contributed by atoms with E-state index >= 15 is 0 Å². The van der Waals surface area contributed by atoms with Crippen LogP contribution in [0.4, 0.5) is 4.39 Å². The topological polar surface area (TPSA) is 24.9 Å². The van der Waals surface area contributed by atoms with Gasteiger partial charge in [-0.2, -0.15) is 0 Å². The van der Waals surface area contributed by atoms with Crippen molar-refractivity contribution in [2.75, 3.05) is 26.4 Å². The molecule has 0 saturated carbocycles. The summed E-state index contributed by atoms with van der Waals surface area (Å²) >= 11 is 0. The maximum Gasteiger partial charge on any atom is 0.231 e. The van der Waals surface area contributed by atoms with Gasteiger partial charge in [-0.3, -0.25) is 9.80 Å². The van der Waals surface area contributed by atoms with E-state index in [-0.39, 0.29) is 5.82 Å². The van der Waals surface area contributed by atoms with Crippen LogP contribution in [-0.4, -0.2) is 48.3 Å². The first kappa shape index (κ1) is 16.8. The second kappa shape index (κ2) is 6.46. The number of halogens is 1. The van der Waals surface area contributed by atoms with E-state index in [4.69, 9.17) is 9.47 Å². The van der Waals surface area contributed by atoms with Crippen molar-refractivity contribution in [2.45, 2.75) is 37.4 Å². The Balaban J connectivity index is 1.35. The van der Waals surface area contributed by atoms with E-state index in [9.17, 15) is 4.39 Å². The molecule has 0 N–H and O–H groups in total. The standard InChI is InChI=1S/C23H25FN2O2/c24-19-4-2-1-3-17(19)12-26-13-18(16-5-6-20-21(11-16)28-14-27-20)23-22(26)15-7-9-25(23)10-8-15/h1-6,11,15,18,22-23H,7-10,12-14H2/t18-,22+,23+/m0/s1. The van der Waals surface area contributed by atoms with Gasteiger partial charge in [0.15, 0.2) is 11.5 Å². The molecule has 5 heterocycles. The molecule has 7 rings (SSSR count). The Bertz CT molecular complexity index is 896. The van der Waals surface area contributed by atoms with Gasteiger partial charge in [0.2, 0.25) is 6.79 Å². The van der Waals surface area contributed by atoms with Crippen LogP contribution in [0.3, 0.4) is 0 Å². The van der Waals surface area contributed by atoms with Gasteiger partial charge < -0.3 is 9.47 Å². The van der Waals surface area contributed by atoms with Crippen LogP contribution < -0.4 is 9.47 Å². The molecule has 28 heavy (non-hydrogen) atoms. The number of fused-ring (bicyclic) bond motifs is 3. The molecule has 3 atom stereocenters. The number of piperidine rings is 3. The number of nitrogens with zero attached hydrogens (tertiary/aromatic N) is 2. The van der Waals surface area contributed by atoms with E-state index in [0.717, 1.165) is 29.5 Å². The molecule has 5 heteroatoms. The summed E-state index contributed by atoms with van der Waals surface area (Å²) in [6.07, 6.45) is 2.53. The van der Waals surface area contributed by atoms with Gasteiger partial charge in [-0.05, 0) is 55.6 Å². The summed E-state index contributed by atoms with van der Waals surface area (Å²) in [4.78, 5) is 5.23. The van der Waals surface area contributed by atoms with E-state index in [1.807, 2.05) is 18.2 Å². The van der Waals surface area contributed by atoms with Crippen LogP contribution in [0, 0.1) is 11.7 Å². The first-order valence-electron chi connectivity index (χ1n) is 10.4. The molecule has 4 nitrogen and oxygen atoms in total. The lowest BCUT2D eigenvalue weighted by Gasteiger charge is -2.51. The maximum atomic E-state index is 14.4. The monoisotopic (exact) mass is 380 g/mol. The number of benzene rings is 2. The Morgan fingerprint density at radius 2 is 1.79 bits per heavy atom. The highest BCUT2D eigenvalue weighted by atomic mass is 19.1. The number of rotatable bonds is 3. The Labute approximate surface area is 164 Å². The molecule has 0 amide bonds. The minimum atomic E-state index is -0.0909. The minimum Gasteiger partial charge on any atom is -0.454 e. The van der Waals surface area contributed by atoms with E-state index < -0.39 is 0 Å². The Morgan fingerprint density at radius 3 is 2.64 bits per heavy atom. The summed E-state index contributed by atoms with van der Waals surface area (Å²) in [6.45, 7) is 4.36. The summed E-state index contributed by atoms with van der Waals surface area (Å²) in [6, 6.07) is 14.7. The van der Waals surface area contributed by atoms with Crippen molar-refractivity contribution < 1.29 is 13.9 Å². The smallest absolute Gasteiger partial charge is 0.231 e. The third kappa shape index (κ3) is 2.56. The van der Waals surface area contributed by atoms with Crippen molar-refractivity contribution >= 4 is 0 Å². The van der Waals surface area contributed by atoms with Gasteiger partial charge in [-0.25, -0.2) is 4.39 Å². The van der Waals surface area contributed by atoms with Crippen LogP contribution in [0.25, 0.3) is 0 Å². The lowest BCUT2D eigenvalue weighted by Crippen LogP contribution is -2.60. The predicted octanol–water partition coefficient (Wildman–Crippen LogP) is 3.62. The highest BCUT2D eigenvalue weighted by molar-refractivity contribution is 5.46. The summed E-state index contributed by atoms with van der Waals surface area (Å²) in [7, 11) is 0. The van der Waals surface area contributed by atoms with Gasteiger partial charge in [0.1, 0.15) is 5.82 Å². The molecule has 5 aliphatic rings. The Morgan fingerprint density at radius 1 is 0.964 bits per heavy atom. The summed E-state index contributed by atoms with van der Waals surface area (Å²) < 4.78 is 25.5. The zero-order chi connectivity index (χ0) is 18.7. The lowest BCUT2D eigenvalue weighted by molar-refractivity contribution is -0.00892. The molecule has 2 aromatic rings. The summed E-state index contributed by atoms with van der Waals surface area (Å²) in [5.41, 5.74) is 2.13. The molecule has 0 unspecified atom stereocenters. The Hall–Kier alpha value is -2.11. The molecule has 0 aromatic heterocycles. The SMILES string of the molecule is Fc1ccccc1CN1C[C@@H](c2ccc3c(c2)OCO3)[C@@H]2[C@H]1C1CCN2CC1. The van der Waals surface area contributed by atoms with Crippen molar-refractivity contribution in [1.29, 1.82) is 0 Å². The molecular weight excluding hydrogens is 355 g/mol. The van der Waals surface area contributed by atoms with Gasteiger partial charge in [0, 0.05) is 36.7 Å². The quantitative estimate of drug-likeness (QED) is 0.812. The summed E-state index contributed by atoms with van der Waals surface area (Å²) in [5, 5.41) is 0. The number of likely N-dealkylation sites (tertiary alicyclic amines) is 1. The second-order valence-electron chi connectivity index (χ2n) is 8.59. The van der Waals surface area contributed by atoms with Gasteiger partial charge in [-0.1, -0.05) is 24.3 Å². The van der Waals surface area contributed by atoms with E-state index in [0.29, 0.717) is 31.3 Å². The van der Waals surface area contributed by atoms with Gasteiger partial charge >= 0.3 is 0 Å². The third-order valence-electron chi connectivity index (χ3n) is 7.25.